The van der Waals surface area contributed by atoms with Crippen molar-refractivity contribution >= 4 is 61.1 Å². The summed E-state index contributed by atoms with van der Waals surface area (Å²) in [6, 6.07) is 65.5. The highest BCUT2D eigenvalue weighted by molar-refractivity contribution is 6.23. The molecule has 8 aromatic carbocycles. The monoisotopic (exact) mass is 737 g/mol. The summed E-state index contributed by atoms with van der Waals surface area (Å²) < 4.78 is 8.64. The van der Waals surface area contributed by atoms with Crippen LogP contribution in [-0.2, 0) is 11.8 Å². The molecule has 16 rings (SSSR count). The Bertz CT molecular complexity index is 3670. The van der Waals surface area contributed by atoms with Crippen molar-refractivity contribution < 1.29 is 9.36 Å². The van der Waals surface area contributed by atoms with Crippen LogP contribution in [0.3, 0.4) is 0 Å². The molecule has 58 heavy (non-hydrogen) atoms. The van der Waals surface area contributed by atoms with Crippen LogP contribution in [-0.4, -0.2) is 14.8 Å². The topological polar surface area (TPSA) is 11.3 Å². The largest absolute Gasteiger partial charge is 0.359 e. The van der Waals surface area contributed by atoms with Crippen molar-refractivity contribution in [2.75, 3.05) is 0 Å². The number of fused-ring (bicyclic) bond motifs is 18. The second kappa shape index (κ2) is 9.34. The zero-order chi connectivity index (χ0) is 37.2. The van der Waals surface area contributed by atoms with Gasteiger partial charge in [0.15, 0.2) is 10.9 Å². The molecule has 0 N–H and O–H groups in total. The Morgan fingerprint density at radius 1 is 0.534 bits per heavy atom. The van der Waals surface area contributed by atoms with Crippen LogP contribution in [0, 0.1) is 0 Å². The molecule has 2 aliphatic carbocycles. The van der Waals surface area contributed by atoms with Crippen LogP contribution < -0.4 is 9.38 Å². The van der Waals surface area contributed by atoms with E-state index >= 15 is 0 Å². The lowest BCUT2D eigenvalue weighted by Crippen LogP contribution is -2.71. The van der Waals surface area contributed by atoms with Crippen molar-refractivity contribution in [2.24, 2.45) is 0 Å². The van der Waals surface area contributed by atoms with Gasteiger partial charge in [0.05, 0.1) is 11.3 Å². The van der Waals surface area contributed by atoms with E-state index in [1.54, 1.807) is 0 Å². The Kier molecular flexibility index (Phi) is 4.70. The maximum Gasteiger partial charge on any atom is 0.359 e. The number of quaternary nitrogens is 1. The second-order valence-corrected chi connectivity index (χ2v) is 17.2. The zero-order valence-electron chi connectivity index (χ0n) is 31.4. The van der Waals surface area contributed by atoms with Gasteiger partial charge >= 0.3 is 5.65 Å². The average Bonchev–Trinajstić information content (AvgIpc) is 4.04. The molecular weight excluding hydrogens is 705 g/mol. The predicted octanol–water partition coefficient (Wildman–Crippen LogP) is 11.6. The smallest absolute Gasteiger partial charge is 0.182 e. The number of nitrogens with zero attached hydrogens (tertiary/aromatic N) is 4. The van der Waals surface area contributed by atoms with Gasteiger partial charge in [-0.25, -0.2) is 0 Å². The van der Waals surface area contributed by atoms with Gasteiger partial charge in [-0.1, -0.05) is 146 Å². The van der Waals surface area contributed by atoms with Crippen LogP contribution >= 0.6 is 0 Å². The third-order valence-electron chi connectivity index (χ3n) is 15.1. The van der Waals surface area contributed by atoms with Crippen LogP contribution in [0.5, 0.6) is 0 Å². The van der Waals surface area contributed by atoms with E-state index in [0.717, 1.165) is 12.8 Å². The van der Waals surface area contributed by atoms with E-state index in [2.05, 4.69) is 184 Å². The van der Waals surface area contributed by atoms with Crippen molar-refractivity contribution in [3.05, 3.63) is 209 Å². The minimum absolute atomic E-state index is 0.252. The molecule has 4 nitrogen and oxygen atoms in total. The summed E-state index contributed by atoms with van der Waals surface area (Å²) in [5.41, 5.74) is 25.3. The van der Waals surface area contributed by atoms with E-state index < -0.39 is 5.41 Å². The molecule has 0 radical (unpaired) electrons. The number of pyridine rings is 1. The van der Waals surface area contributed by atoms with E-state index in [4.69, 9.17) is 0 Å². The summed E-state index contributed by atoms with van der Waals surface area (Å²) in [7, 11) is 0. The fraction of sp³-hybridized carbons (Fsp3) is 0.0741. The lowest BCUT2D eigenvalue weighted by Gasteiger charge is -2.40. The minimum atomic E-state index is -0.525. The van der Waals surface area contributed by atoms with Crippen LogP contribution in [0.15, 0.2) is 170 Å². The Hall–Kier alpha value is -7.14. The second-order valence-electron chi connectivity index (χ2n) is 17.2. The summed E-state index contributed by atoms with van der Waals surface area (Å²) in [6.45, 7) is 0. The first-order valence-corrected chi connectivity index (χ1v) is 20.8. The van der Waals surface area contributed by atoms with Gasteiger partial charge in [-0.3, -0.25) is 0 Å². The van der Waals surface area contributed by atoms with E-state index in [9.17, 15) is 0 Å². The zero-order valence-corrected chi connectivity index (χ0v) is 31.4. The van der Waals surface area contributed by atoms with Crippen molar-refractivity contribution in [3.8, 4) is 22.3 Å². The van der Waals surface area contributed by atoms with Crippen molar-refractivity contribution in [2.45, 2.75) is 24.2 Å². The number of aromatic nitrogens is 2. The third kappa shape index (κ3) is 2.75. The number of rotatable bonds is 0. The standard InChI is InChI=1S/C54H33N4/c1-2-14-32-31(13-1)25-26-39-36-18-6-10-22-45(36)56-50(39)48-37(32)27-29-42-51(48)58(56)52-43(54(42)40-19-7-3-15-33(40)34-16-4-8-20-41(34)54)30-28-38-35-17-5-9-21-44(35)55-46-23-11-12-24-47(46)57(58)53(55)49(38)52/h1-24,27-30,39H,25-26H2/q+3. The maximum absolute atomic E-state index is 2.82. The molecule has 266 valence electrons. The van der Waals surface area contributed by atoms with E-state index in [-0.39, 0.29) is 5.92 Å². The fourth-order valence-electron chi connectivity index (χ4n) is 13.3. The van der Waals surface area contributed by atoms with Gasteiger partial charge in [0.1, 0.15) is 15.8 Å². The lowest BCUT2D eigenvalue weighted by atomic mass is 9.63. The highest BCUT2D eigenvalue weighted by Crippen LogP contribution is 2.70. The molecule has 0 fully saturated rings. The quantitative estimate of drug-likeness (QED) is 0.0834. The Morgan fingerprint density at radius 3 is 2.07 bits per heavy atom. The van der Waals surface area contributed by atoms with Crippen molar-refractivity contribution in [1.29, 1.82) is 0 Å². The molecule has 10 aromatic rings. The van der Waals surface area contributed by atoms with Crippen molar-refractivity contribution in [3.63, 3.8) is 0 Å². The Labute approximate surface area is 333 Å². The molecule has 2 atom stereocenters. The molecule has 6 aliphatic rings. The van der Waals surface area contributed by atoms with Gasteiger partial charge in [-0.2, -0.15) is 4.40 Å². The van der Waals surface area contributed by atoms with Gasteiger partial charge in [0.2, 0.25) is 5.52 Å². The van der Waals surface area contributed by atoms with Gasteiger partial charge in [0, 0.05) is 48.5 Å². The molecule has 2 aromatic heterocycles. The molecule has 0 bridgehead atoms. The van der Waals surface area contributed by atoms with Gasteiger partial charge in [-0.05, 0) is 64.4 Å². The third-order valence-corrected chi connectivity index (χ3v) is 15.1. The number of aryl methyl sites for hydroxylation is 1. The van der Waals surface area contributed by atoms with Crippen molar-refractivity contribution in [1.82, 2.24) is 9.10 Å². The number of imidazole rings is 1. The molecule has 2 unspecified atom stereocenters. The Morgan fingerprint density at radius 2 is 1.21 bits per heavy atom. The first-order valence-electron chi connectivity index (χ1n) is 20.8. The molecular formula is C54H33N4+3. The SMILES string of the molecule is c1ccc2c(c1)CCC1C3=[N+](c4ccccc41)[N+]14c5c(ccc-2c53)C2(c3ccccc3-c3ccccc32)c2ccc3c5ccccc5n5c6ccccc6[n+]1c5c3c24. The minimum Gasteiger partial charge on any atom is -0.182 e. The van der Waals surface area contributed by atoms with Gasteiger partial charge in [-0.15, -0.1) is 0 Å². The normalized spacial score (nSPS) is 19.9. The molecule has 6 heterocycles. The number of hydrogen-bond donors (Lipinski definition) is 0. The number of hydrogen-bond acceptors (Lipinski definition) is 0. The highest BCUT2D eigenvalue weighted by atomic mass is 15.9. The van der Waals surface area contributed by atoms with E-state index in [1.807, 2.05) is 0 Å². The van der Waals surface area contributed by atoms with E-state index in [1.165, 1.54) is 122 Å². The molecule has 0 saturated carbocycles. The Balaban J connectivity index is 1.25. The van der Waals surface area contributed by atoms with Crippen LogP contribution in [0.4, 0.5) is 17.1 Å². The van der Waals surface area contributed by atoms with Gasteiger partial charge in [0.25, 0.3) is 22.8 Å². The fourth-order valence-corrected chi connectivity index (χ4v) is 13.3. The highest BCUT2D eigenvalue weighted by Gasteiger charge is 2.77. The summed E-state index contributed by atoms with van der Waals surface area (Å²) in [5, 5.41) is 3.96. The predicted molar refractivity (Wildman–Crippen MR) is 231 cm³/mol. The molecule has 4 heteroatoms. The summed E-state index contributed by atoms with van der Waals surface area (Å²) >= 11 is 0. The van der Waals surface area contributed by atoms with E-state index in [0.29, 0.717) is 4.70 Å². The van der Waals surface area contributed by atoms with Crippen LogP contribution in [0.1, 0.15) is 51.3 Å². The number of benzene rings is 8. The van der Waals surface area contributed by atoms with Crippen LogP contribution in [0.2, 0.25) is 0 Å². The molecule has 4 aliphatic heterocycles. The molecule has 0 amide bonds. The summed E-state index contributed by atoms with van der Waals surface area (Å²) in [4.78, 5) is 0. The van der Waals surface area contributed by atoms with Crippen LogP contribution in [0.25, 0.3) is 60.6 Å². The first kappa shape index (κ1) is 29.1. The van der Waals surface area contributed by atoms with Gasteiger partial charge < -0.3 is 0 Å². The molecule has 2 spiro atoms. The molecule has 0 saturated heterocycles. The first-order chi connectivity index (χ1) is 28.8. The summed E-state index contributed by atoms with van der Waals surface area (Å²) in [5.74, 6) is 0.252. The average molecular weight is 738 g/mol. The summed E-state index contributed by atoms with van der Waals surface area (Å²) in [6.07, 6.45) is 2.09. The maximum atomic E-state index is 2.82. The lowest BCUT2D eigenvalue weighted by molar-refractivity contribution is -0.924. The number of para-hydroxylation sites is 4.